The minimum absolute atomic E-state index is 0.144. The van der Waals surface area contributed by atoms with Gasteiger partial charge in [-0.2, -0.15) is 0 Å². The van der Waals surface area contributed by atoms with E-state index in [9.17, 15) is 5.11 Å². The summed E-state index contributed by atoms with van der Waals surface area (Å²) in [5.41, 5.74) is 0. The zero-order chi connectivity index (χ0) is 12.3. The number of rotatable bonds is 6. The van der Waals surface area contributed by atoms with Crippen molar-refractivity contribution in [2.45, 2.75) is 39.2 Å². The van der Waals surface area contributed by atoms with Crippen LogP contribution in [0.1, 0.15) is 33.1 Å². The molecule has 2 fully saturated rings. The van der Waals surface area contributed by atoms with Crippen molar-refractivity contribution in [1.29, 1.82) is 0 Å². The maximum Gasteiger partial charge on any atom is 0.0692 e. The van der Waals surface area contributed by atoms with Crippen LogP contribution in [-0.2, 0) is 0 Å². The summed E-state index contributed by atoms with van der Waals surface area (Å²) < 4.78 is 0. The molecule has 100 valence electrons. The van der Waals surface area contributed by atoms with Crippen LogP contribution in [-0.4, -0.2) is 60.3 Å². The Kier molecular flexibility index (Phi) is 4.83. The standard InChI is InChI=1S/C14H28N2O/c1-3-12(2)14(17)11-16-8-6-15(7-9-16)10-13-4-5-13/h12-14,17H,3-11H2,1-2H3. The first-order valence-corrected chi connectivity index (χ1v) is 7.31. The lowest BCUT2D eigenvalue weighted by Crippen LogP contribution is -2.49. The van der Waals surface area contributed by atoms with Crippen LogP contribution >= 0.6 is 0 Å². The summed E-state index contributed by atoms with van der Waals surface area (Å²) in [5.74, 6) is 1.44. The molecule has 1 aliphatic carbocycles. The number of nitrogens with zero attached hydrogens (tertiary/aromatic N) is 2. The highest BCUT2D eigenvalue weighted by atomic mass is 16.3. The maximum absolute atomic E-state index is 10.0. The topological polar surface area (TPSA) is 26.7 Å². The van der Waals surface area contributed by atoms with E-state index in [0.717, 1.165) is 32.0 Å². The van der Waals surface area contributed by atoms with Gasteiger partial charge in [0.05, 0.1) is 6.10 Å². The molecule has 3 heteroatoms. The minimum Gasteiger partial charge on any atom is -0.392 e. The quantitative estimate of drug-likeness (QED) is 0.761. The lowest BCUT2D eigenvalue weighted by Gasteiger charge is -2.36. The Morgan fingerprint density at radius 1 is 1.12 bits per heavy atom. The number of aliphatic hydroxyl groups is 1. The fraction of sp³-hybridized carbons (Fsp3) is 1.00. The van der Waals surface area contributed by atoms with Crippen molar-refractivity contribution in [3.8, 4) is 0 Å². The number of hydrogen-bond acceptors (Lipinski definition) is 3. The van der Waals surface area contributed by atoms with E-state index in [2.05, 4.69) is 23.6 Å². The van der Waals surface area contributed by atoms with Crippen LogP contribution in [0.4, 0.5) is 0 Å². The summed E-state index contributed by atoms with van der Waals surface area (Å²) in [6, 6.07) is 0. The van der Waals surface area contributed by atoms with Crippen molar-refractivity contribution in [1.82, 2.24) is 9.80 Å². The lowest BCUT2D eigenvalue weighted by molar-refractivity contribution is 0.0436. The highest BCUT2D eigenvalue weighted by molar-refractivity contribution is 4.81. The second-order valence-electron chi connectivity index (χ2n) is 6.00. The zero-order valence-electron chi connectivity index (χ0n) is 11.4. The van der Waals surface area contributed by atoms with E-state index in [-0.39, 0.29) is 6.10 Å². The Bertz CT molecular complexity index is 222. The van der Waals surface area contributed by atoms with Crippen LogP contribution in [0.15, 0.2) is 0 Å². The molecule has 2 aliphatic rings. The molecule has 1 heterocycles. The lowest BCUT2D eigenvalue weighted by atomic mass is 10.0. The van der Waals surface area contributed by atoms with Crippen molar-refractivity contribution in [3.05, 3.63) is 0 Å². The first-order valence-electron chi connectivity index (χ1n) is 7.31. The average molecular weight is 240 g/mol. The van der Waals surface area contributed by atoms with Crippen LogP contribution < -0.4 is 0 Å². The number of piperazine rings is 1. The molecular weight excluding hydrogens is 212 g/mol. The van der Waals surface area contributed by atoms with Crippen molar-refractivity contribution < 1.29 is 5.11 Å². The molecule has 1 aliphatic heterocycles. The SMILES string of the molecule is CCC(C)C(O)CN1CCN(CC2CC2)CC1. The Morgan fingerprint density at radius 3 is 2.24 bits per heavy atom. The highest BCUT2D eigenvalue weighted by Crippen LogP contribution is 2.29. The molecule has 1 N–H and O–H groups in total. The van der Waals surface area contributed by atoms with Crippen molar-refractivity contribution in [3.63, 3.8) is 0 Å². The van der Waals surface area contributed by atoms with Gasteiger partial charge in [-0.05, 0) is 24.7 Å². The average Bonchev–Trinajstić information content (AvgIpc) is 3.14. The zero-order valence-corrected chi connectivity index (χ0v) is 11.4. The van der Waals surface area contributed by atoms with Gasteiger partial charge >= 0.3 is 0 Å². The number of β-amino-alcohol motifs (C(OH)–C–C–N with tert-alkyl or cyclic N) is 1. The van der Waals surface area contributed by atoms with Crippen LogP contribution in [0.2, 0.25) is 0 Å². The molecule has 0 aromatic carbocycles. The maximum atomic E-state index is 10.0. The van der Waals surface area contributed by atoms with Gasteiger partial charge in [-0.1, -0.05) is 20.3 Å². The fourth-order valence-corrected chi connectivity index (χ4v) is 2.54. The fourth-order valence-electron chi connectivity index (χ4n) is 2.54. The molecule has 1 saturated carbocycles. The summed E-state index contributed by atoms with van der Waals surface area (Å²) in [5, 5.41) is 10.0. The molecule has 0 aromatic heterocycles. The Hall–Kier alpha value is -0.120. The number of hydrogen-bond donors (Lipinski definition) is 1. The molecule has 2 rings (SSSR count). The van der Waals surface area contributed by atoms with Gasteiger partial charge < -0.3 is 10.0 Å². The van der Waals surface area contributed by atoms with Gasteiger partial charge in [0.15, 0.2) is 0 Å². The van der Waals surface area contributed by atoms with E-state index in [1.54, 1.807) is 0 Å². The second-order valence-corrected chi connectivity index (χ2v) is 6.00. The first-order chi connectivity index (χ1) is 8.19. The molecular formula is C14H28N2O. The summed E-state index contributed by atoms with van der Waals surface area (Å²) in [6.07, 6.45) is 3.83. The van der Waals surface area contributed by atoms with E-state index in [4.69, 9.17) is 0 Å². The van der Waals surface area contributed by atoms with Gasteiger partial charge in [-0.25, -0.2) is 0 Å². The van der Waals surface area contributed by atoms with Crippen molar-refractivity contribution >= 4 is 0 Å². The molecule has 0 bridgehead atoms. The molecule has 3 nitrogen and oxygen atoms in total. The van der Waals surface area contributed by atoms with E-state index < -0.39 is 0 Å². The van der Waals surface area contributed by atoms with Gasteiger partial charge in [-0.3, -0.25) is 4.90 Å². The normalized spacial score (nSPS) is 27.0. The third kappa shape index (κ3) is 4.23. The molecule has 0 radical (unpaired) electrons. The van der Waals surface area contributed by atoms with Gasteiger partial charge in [0.1, 0.15) is 0 Å². The van der Waals surface area contributed by atoms with Crippen molar-refractivity contribution in [2.24, 2.45) is 11.8 Å². The Morgan fingerprint density at radius 2 is 1.71 bits per heavy atom. The Balaban J connectivity index is 1.64. The molecule has 0 spiro atoms. The molecule has 0 aromatic rings. The molecule has 1 saturated heterocycles. The van der Waals surface area contributed by atoms with Crippen LogP contribution in [0.25, 0.3) is 0 Å². The minimum atomic E-state index is -0.144. The summed E-state index contributed by atoms with van der Waals surface area (Å²) >= 11 is 0. The predicted octanol–water partition coefficient (Wildman–Crippen LogP) is 1.42. The highest BCUT2D eigenvalue weighted by Gasteiger charge is 2.27. The van der Waals surface area contributed by atoms with E-state index in [0.29, 0.717) is 5.92 Å². The molecule has 0 amide bonds. The molecule has 2 unspecified atom stereocenters. The first kappa shape index (κ1) is 13.3. The Labute approximate surface area is 106 Å². The van der Waals surface area contributed by atoms with E-state index in [1.807, 2.05) is 0 Å². The van der Waals surface area contributed by atoms with Gasteiger partial charge in [0, 0.05) is 39.3 Å². The van der Waals surface area contributed by atoms with Crippen LogP contribution in [0.3, 0.4) is 0 Å². The summed E-state index contributed by atoms with van der Waals surface area (Å²) in [7, 11) is 0. The van der Waals surface area contributed by atoms with Gasteiger partial charge in [0.25, 0.3) is 0 Å². The smallest absolute Gasteiger partial charge is 0.0692 e. The summed E-state index contributed by atoms with van der Waals surface area (Å²) in [6.45, 7) is 11.2. The van der Waals surface area contributed by atoms with Crippen LogP contribution in [0.5, 0.6) is 0 Å². The molecule has 2 atom stereocenters. The van der Waals surface area contributed by atoms with Crippen molar-refractivity contribution in [2.75, 3.05) is 39.3 Å². The van der Waals surface area contributed by atoms with Gasteiger partial charge in [0.2, 0.25) is 0 Å². The van der Waals surface area contributed by atoms with E-state index >= 15 is 0 Å². The van der Waals surface area contributed by atoms with Gasteiger partial charge in [-0.15, -0.1) is 0 Å². The third-order valence-corrected chi connectivity index (χ3v) is 4.42. The monoisotopic (exact) mass is 240 g/mol. The molecule has 17 heavy (non-hydrogen) atoms. The summed E-state index contributed by atoms with van der Waals surface area (Å²) in [4.78, 5) is 5.03. The van der Waals surface area contributed by atoms with Crippen LogP contribution in [0, 0.1) is 11.8 Å². The third-order valence-electron chi connectivity index (χ3n) is 4.42. The second kappa shape index (κ2) is 6.17. The predicted molar refractivity (Wildman–Crippen MR) is 71.1 cm³/mol. The largest absolute Gasteiger partial charge is 0.392 e. The van der Waals surface area contributed by atoms with E-state index in [1.165, 1.54) is 32.5 Å². The number of aliphatic hydroxyl groups excluding tert-OH is 1.